The van der Waals surface area contributed by atoms with Crippen molar-refractivity contribution in [2.75, 3.05) is 6.54 Å². The normalized spacial score (nSPS) is 20.0. The van der Waals surface area contributed by atoms with Crippen LogP contribution in [0.25, 0.3) is 0 Å². The number of halogens is 1. The average molecular weight is 297 g/mol. The van der Waals surface area contributed by atoms with Crippen LogP contribution in [0.5, 0.6) is 0 Å². The Morgan fingerprint density at radius 1 is 1.53 bits per heavy atom. The number of amides is 1. The van der Waals surface area contributed by atoms with Gasteiger partial charge in [0.2, 0.25) is 0 Å². The summed E-state index contributed by atoms with van der Waals surface area (Å²) in [6.45, 7) is 5.20. The lowest BCUT2D eigenvalue weighted by Crippen LogP contribution is -2.38. The van der Waals surface area contributed by atoms with E-state index in [-0.39, 0.29) is 5.91 Å². The van der Waals surface area contributed by atoms with Crippen molar-refractivity contribution >= 4 is 21.8 Å². The molecule has 1 aliphatic heterocycles. The molecule has 4 heteroatoms. The van der Waals surface area contributed by atoms with Gasteiger partial charge in [0.1, 0.15) is 5.69 Å². The van der Waals surface area contributed by atoms with E-state index in [1.54, 1.807) is 12.3 Å². The molecule has 1 fully saturated rings. The summed E-state index contributed by atoms with van der Waals surface area (Å²) in [6, 6.07) is 4.01. The number of carbonyl (C=O) groups is 1. The third kappa shape index (κ3) is 2.68. The smallest absolute Gasteiger partial charge is 0.272 e. The van der Waals surface area contributed by atoms with Crippen molar-refractivity contribution in [3.05, 3.63) is 28.5 Å². The third-order valence-electron chi connectivity index (χ3n) is 3.28. The molecule has 0 aliphatic carbocycles. The molecule has 1 saturated heterocycles. The Labute approximate surface area is 110 Å². The van der Waals surface area contributed by atoms with Crippen LogP contribution in [-0.4, -0.2) is 28.4 Å². The molecule has 3 nitrogen and oxygen atoms in total. The average Bonchev–Trinajstić information content (AvgIpc) is 2.78. The van der Waals surface area contributed by atoms with E-state index in [1.165, 1.54) is 0 Å². The van der Waals surface area contributed by atoms with Gasteiger partial charge in [0, 0.05) is 23.3 Å². The Morgan fingerprint density at radius 3 is 2.88 bits per heavy atom. The Bertz CT molecular complexity index is 402. The van der Waals surface area contributed by atoms with E-state index in [0.717, 1.165) is 23.9 Å². The van der Waals surface area contributed by atoms with Crippen molar-refractivity contribution in [2.24, 2.45) is 5.92 Å². The number of hydrogen-bond donors (Lipinski definition) is 0. The maximum absolute atomic E-state index is 12.3. The largest absolute Gasteiger partial charge is 0.334 e. The van der Waals surface area contributed by atoms with Crippen molar-refractivity contribution in [1.29, 1.82) is 0 Å². The lowest BCUT2D eigenvalue weighted by molar-refractivity contribution is 0.0695. The van der Waals surface area contributed by atoms with Gasteiger partial charge < -0.3 is 4.90 Å². The topological polar surface area (TPSA) is 33.2 Å². The molecule has 2 heterocycles. The highest BCUT2D eigenvalue weighted by Gasteiger charge is 2.31. The van der Waals surface area contributed by atoms with Crippen molar-refractivity contribution in [3.8, 4) is 0 Å². The predicted octanol–water partition coefficient (Wildman–Crippen LogP) is 3.10. The van der Waals surface area contributed by atoms with Crippen LogP contribution in [0, 0.1) is 5.92 Å². The molecule has 0 saturated carbocycles. The number of nitrogens with zero attached hydrogens (tertiary/aromatic N) is 2. The van der Waals surface area contributed by atoms with Crippen molar-refractivity contribution in [2.45, 2.75) is 32.7 Å². The van der Waals surface area contributed by atoms with Crippen LogP contribution in [0.2, 0.25) is 0 Å². The molecule has 1 aromatic rings. The molecule has 1 aromatic heterocycles. The molecule has 1 amide bonds. The van der Waals surface area contributed by atoms with E-state index in [9.17, 15) is 4.79 Å². The van der Waals surface area contributed by atoms with Crippen LogP contribution in [0.4, 0.5) is 0 Å². The molecule has 1 atom stereocenters. The molecule has 0 bridgehead atoms. The second kappa shape index (κ2) is 5.17. The summed E-state index contributed by atoms with van der Waals surface area (Å²) in [5.41, 5.74) is 0.542. The summed E-state index contributed by atoms with van der Waals surface area (Å²) in [5.74, 6) is 0.575. The lowest BCUT2D eigenvalue weighted by atomic mass is 10.0. The van der Waals surface area contributed by atoms with Gasteiger partial charge in [-0.2, -0.15) is 0 Å². The van der Waals surface area contributed by atoms with E-state index in [0.29, 0.717) is 17.7 Å². The summed E-state index contributed by atoms with van der Waals surface area (Å²) in [6.07, 6.45) is 3.89. The minimum atomic E-state index is 0.0636. The molecular formula is C13H17BrN2O. The molecule has 2 rings (SSSR count). The minimum Gasteiger partial charge on any atom is -0.334 e. The number of aromatic nitrogens is 1. The second-order valence-corrected chi connectivity index (χ2v) is 5.73. The molecule has 1 unspecified atom stereocenters. The molecule has 0 aromatic carbocycles. The van der Waals surface area contributed by atoms with Gasteiger partial charge >= 0.3 is 0 Å². The minimum absolute atomic E-state index is 0.0636. The molecule has 0 N–H and O–H groups in total. The van der Waals surface area contributed by atoms with Crippen molar-refractivity contribution < 1.29 is 4.79 Å². The van der Waals surface area contributed by atoms with Crippen LogP contribution in [0.1, 0.15) is 37.2 Å². The quantitative estimate of drug-likeness (QED) is 0.840. The van der Waals surface area contributed by atoms with Gasteiger partial charge in [-0.05, 0) is 46.8 Å². The highest BCUT2D eigenvalue weighted by atomic mass is 79.9. The summed E-state index contributed by atoms with van der Waals surface area (Å²) >= 11 is 3.33. The van der Waals surface area contributed by atoms with Gasteiger partial charge in [0.05, 0.1) is 0 Å². The summed E-state index contributed by atoms with van der Waals surface area (Å²) in [5, 5.41) is 0. The second-order valence-electron chi connectivity index (χ2n) is 4.81. The first-order valence-corrected chi connectivity index (χ1v) is 6.81. The fourth-order valence-electron chi connectivity index (χ4n) is 2.39. The van der Waals surface area contributed by atoms with E-state index in [4.69, 9.17) is 0 Å². The van der Waals surface area contributed by atoms with E-state index in [2.05, 4.69) is 34.8 Å². The zero-order valence-electron chi connectivity index (χ0n) is 10.2. The first-order valence-electron chi connectivity index (χ1n) is 6.02. The number of rotatable bonds is 2. The molecular weight excluding hydrogens is 280 g/mol. The van der Waals surface area contributed by atoms with Gasteiger partial charge in [-0.15, -0.1) is 0 Å². The van der Waals surface area contributed by atoms with Crippen LogP contribution >= 0.6 is 15.9 Å². The van der Waals surface area contributed by atoms with Crippen LogP contribution in [-0.2, 0) is 0 Å². The van der Waals surface area contributed by atoms with Gasteiger partial charge in [0.25, 0.3) is 5.91 Å². The summed E-state index contributed by atoms with van der Waals surface area (Å²) in [7, 11) is 0. The van der Waals surface area contributed by atoms with Crippen molar-refractivity contribution in [3.63, 3.8) is 0 Å². The van der Waals surface area contributed by atoms with Crippen LogP contribution in [0.3, 0.4) is 0 Å². The molecule has 1 aliphatic rings. The highest BCUT2D eigenvalue weighted by Crippen LogP contribution is 2.25. The Hall–Kier alpha value is -0.900. The Kier molecular flexibility index (Phi) is 3.82. The third-order valence-corrected chi connectivity index (χ3v) is 3.75. The lowest BCUT2D eigenvalue weighted by Gasteiger charge is -2.27. The molecule has 0 radical (unpaired) electrons. The monoisotopic (exact) mass is 296 g/mol. The maximum Gasteiger partial charge on any atom is 0.272 e. The number of carbonyl (C=O) groups excluding carboxylic acids is 1. The molecule has 0 spiro atoms. The zero-order valence-corrected chi connectivity index (χ0v) is 11.8. The van der Waals surface area contributed by atoms with E-state index < -0.39 is 0 Å². The van der Waals surface area contributed by atoms with E-state index in [1.807, 2.05) is 11.0 Å². The van der Waals surface area contributed by atoms with Crippen LogP contribution in [0.15, 0.2) is 22.8 Å². The van der Waals surface area contributed by atoms with Gasteiger partial charge in [-0.3, -0.25) is 4.79 Å². The van der Waals surface area contributed by atoms with Gasteiger partial charge in [-0.1, -0.05) is 13.8 Å². The Balaban J connectivity index is 2.17. The standard InChI is InChI=1S/C13H17BrN2O/c1-9(2)12-4-3-7-16(12)13(17)11-6-5-10(14)8-15-11/h5-6,8-9,12H,3-4,7H2,1-2H3. The first kappa shape index (κ1) is 12.6. The Morgan fingerprint density at radius 2 is 2.29 bits per heavy atom. The van der Waals surface area contributed by atoms with Gasteiger partial charge in [0.15, 0.2) is 0 Å². The molecule has 17 heavy (non-hydrogen) atoms. The number of hydrogen-bond acceptors (Lipinski definition) is 2. The fraction of sp³-hybridized carbons (Fsp3) is 0.538. The SMILES string of the molecule is CC(C)C1CCCN1C(=O)c1ccc(Br)cn1. The predicted molar refractivity (Wildman–Crippen MR) is 70.8 cm³/mol. The molecule has 92 valence electrons. The van der Waals surface area contributed by atoms with Crippen molar-refractivity contribution in [1.82, 2.24) is 9.88 Å². The maximum atomic E-state index is 12.3. The summed E-state index contributed by atoms with van der Waals surface area (Å²) in [4.78, 5) is 18.5. The highest BCUT2D eigenvalue weighted by molar-refractivity contribution is 9.10. The number of likely N-dealkylation sites (tertiary alicyclic amines) is 1. The fourth-order valence-corrected chi connectivity index (χ4v) is 2.62. The van der Waals surface area contributed by atoms with E-state index >= 15 is 0 Å². The zero-order chi connectivity index (χ0) is 12.4. The first-order chi connectivity index (χ1) is 8.09. The number of pyridine rings is 1. The van der Waals surface area contributed by atoms with Gasteiger partial charge in [-0.25, -0.2) is 4.98 Å². The van der Waals surface area contributed by atoms with Crippen LogP contribution < -0.4 is 0 Å². The summed E-state index contributed by atoms with van der Waals surface area (Å²) < 4.78 is 0.899.